The number of carboxylic acids is 1. The highest BCUT2D eigenvalue weighted by Gasteiger charge is 2.42. The van der Waals surface area contributed by atoms with Gasteiger partial charge in [-0.3, -0.25) is 4.79 Å². The molecule has 2 unspecified atom stereocenters. The van der Waals surface area contributed by atoms with E-state index in [4.69, 9.17) is 9.84 Å². The number of carbonyl (C=O) groups excluding carboxylic acids is 1. The molecule has 1 amide bonds. The summed E-state index contributed by atoms with van der Waals surface area (Å²) in [4.78, 5) is 24.5. The maximum Gasteiger partial charge on any atom is 0.410 e. The van der Waals surface area contributed by atoms with Crippen LogP contribution in [0.15, 0.2) is 0 Å². The summed E-state index contributed by atoms with van der Waals surface area (Å²) in [5, 5.41) is 9.10. The number of ether oxygens (including phenoxy) is 1. The second kappa shape index (κ2) is 5.08. The van der Waals surface area contributed by atoms with E-state index in [1.165, 1.54) is 0 Å². The van der Waals surface area contributed by atoms with Crippen molar-refractivity contribution in [2.24, 2.45) is 0 Å². The zero-order valence-electron chi connectivity index (χ0n) is 10.9. The van der Waals surface area contributed by atoms with E-state index in [0.29, 0.717) is 6.54 Å². The molecule has 1 heterocycles. The van der Waals surface area contributed by atoms with Crippen LogP contribution in [-0.2, 0) is 9.53 Å². The molecule has 1 aliphatic heterocycles. The number of nitrogens with zero attached hydrogens (tertiary/aromatic N) is 1. The number of aliphatic carboxylic acids is 1. The zero-order chi connectivity index (χ0) is 13.2. The normalized spacial score (nSPS) is 22.4. The molecule has 0 aromatic rings. The third-order valence-electron chi connectivity index (χ3n) is 2.92. The Kier molecular flexibility index (Phi) is 4.19. The molecule has 1 aliphatic rings. The van der Waals surface area contributed by atoms with Gasteiger partial charge in [-0.1, -0.05) is 6.55 Å². The van der Waals surface area contributed by atoms with Crippen LogP contribution in [0.1, 0.15) is 27.2 Å². The van der Waals surface area contributed by atoms with E-state index in [9.17, 15) is 9.59 Å². The smallest absolute Gasteiger partial charge is 0.410 e. The van der Waals surface area contributed by atoms with Gasteiger partial charge in [0.2, 0.25) is 0 Å². The van der Waals surface area contributed by atoms with Crippen molar-refractivity contribution >= 4 is 21.6 Å². The Bertz CT molecular complexity index is 313. The quantitative estimate of drug-likeness (QED) is 0.770. The van der Waals surface area contributed by atoms with Gasteiger partial charge in [-0.25, -0.2) is 4.79 Å². The molecule has 0 radical (unpaired) electrons. The minimum Gasteiger partial charge on any atom is -0.481 e. The van der Waals surface area contributed by atoms with Gasteiger partial charge in [0.15, 0.2) is 0 Å². The molecule has 0 saturated carbocycles. The summed E-state index contributed by atoms with van der Waals surface area (Å²) in [7, 11) is -0.681. The molecule has 6 heteroatoms. The molecule has 0 spiro atoms. The summed E-state index contributed by atoms with van der Waals surface area (Å²) >= 11 is 0. The SMILES string of the molecule is C[SiH2]C(C(=O)O)C1CCN1C(=O)OC(C)(C)C. The molecule has 5 nitrogen and oxygen atoms in total. The minimum absolute atomic E-state index is 0.154. The van der Waals surface area contributed by atoms with Crippen molar-refractivity contribution in [1.29, 1.82) is 0 Å². The van der Waals surface area contributed by atoms with Gasteiger partial charge in [-0.05, 0) is 27.2 Å². The van der Waals surface area contributed by atoms with Crippen LogP contribution in [0.5, 0.6) is 0 Å². The van der Waals surface area contributed by atoms with Crippen LogP contribution in [0.3, 0.4) is 0 Å². The average Bonchev–Trinajstić information content (AvgIpc) is 2.07. The molecular formula is C11H21NO4Si. The fourth-order valence-electron chi connectivity index (χ4n) is 1.98. The Labute approximate surface area is 104 Å². The Hall–Kier alpha value is -1.04. The Morgan fingerprint density at radius 3 is 2.35 bits per heavy atom. The van der Waals surface area contributed by atoms with Crippen molar-refractivity contribution in [1.82, 2.24) is 4.90 Å². The van der Waals surface area contributed by atoms with Gasteiger partial charge in [-0.15, -0.1) is 0 Å². The van der Waals surface area contributed by atoms with Crippen LogP contribution >= 0.6 is 0 Å². The van der Waals surface area contributed by atoms with Crippen LogP contribution in [-0.4, -0.2) is 49.8 Å². The first kappa shape index (κ1) is 14.0. The van der Waals surface area contributed by atoms with Crippen molar-refractivity contribution < 1.29 is 19.4 Å². The van der Waals surface area contributed by atoms with E-state index in [-0.39, 0.29) is 17.7 Å². The Morgan fingerprint density at radius 2 is 2.06 bits per heavy atom. The summed E-state index contributed by atoms with van der Waals surface area (Å²) in [6, 6.07) is -0.154. The second-order valence-corrected chi connectivity index (χ2v) is 7.08. The topological polar surface area (TPSA) is 66.8 Å². The molecule has 1 fully saturated rings. The number of hydrogen-bond acceptors (Lipinski definition) is 3. The molecule has 0 aliphatic carbocycles. The molecule has 1 saturated heterocycles. The molecule has 2 atom stereocenters. The summed E-state index contributed by atoms with van der Waals surface area (Å²) in [6.45, 7) is 8.00. The molecule has 0 aromatic heterocycles. The van der Waals surface area contributed by atoms with Crippen LogP contribution in [0.2, 0.25) is 12.1 Å². The second-order valence-electron chi connectivity index (χ2n) is 5.38. The fourth-order valence-corrected chi connectivity index (χ4v) is 3.37. The van der Waals surface area contributed by atoms with Crippen LogP contribution in [0.25, 0.3) is 0 Å². The fraction of sp³-hybridized carbons (Fsp3) is 0.818. The van der Waals surface area contributed by atoms with Gasteiger partial charge in [-0.2, -0.15) is 0 Å². The molecule has 1 rings (SSSR count). The lowest BCUT2D eigenvalue weighted by molar-refractivity contribution is -0.139. The van der Waals surface area contributed by atoms with Gasteiger partial charge in [0, 0.05) is 22.1 Å². The predicted octanol–water partition coefficient (Wildman–Crippen LogP) is 1.09. The van der Waals surface area contributed by atoms with E-state index >= 15 is 0 Å². The van der Waals surface area contributed by atoms with E-state index in [2.05, 4.69) is 0 Å². The van der Waals surface area contributed by atoms with Crippen molar-refractivity contribution in [3.8, 4) is 0 Å². The third kappa shape index (κ3) is 3.46. The number of likely N-dealkylation sites (tertiary alicyclic amines) is 1. The van der Waals surface area contributed by atoms with E-state index in [1.54, 1.807) is 4.90 Å². The molecule has 17 heavy (non-hydrogen) atoms. The van der Waals surface area contributed by atoms with Crippen molar-refractivity contribution in [2.75, 3.05) is 6.54 Å². The first-order valence-corrected chi connectivity index (χ1v) is 8.21. The number of rotatable bonds is 3. The molecular weight excluding hydrogens is 238 g/mol. The van der Waals surface area contributed by atoms with E-state index < -0.39 is 21.1 Å². The first-order valence-electron chi connectivity index (χ1n) is 5.98. The monoisotopic (exact) mass is 259 g/mol. The first-order chi connectivity index (χ1) is 7.76. The lowest BCUT2D eigenvalue weighted by atomic mass is 10.00. The maximum atomic E-state index is 11.8. The summed E-state index contributed by atoms with van der Waals surface area (Å²) in [6.07, 6.45) is 0.388. The maximum absolute atomic E-state index is 11.8. The number of hydrogen-bond donors (Lipinski definition) is 1. The lowest BCUT2D eigenvalue weighted by Crippen LogP contribution is -2.56. The molecule has 0 aromatic carbocycles. The zero-order valence-corrected chi connectivity index (χ0v) is 12.3. The summed E-state index contributed by atoms with van der Waals surface area (Å²) < 4.78 is 5.26. The largest absolute Gasteiger partial charge is 0.481 e. The lowest BCUT2D eigenvalue weighted by Gasteiger charge is -2.43. The average molecular weight is 259 g/mol. The highest BCUT2D eigenvalue weighted by atomic mass is 28.2. The van der Waals surface area contributed by atoms with Gasteiger partial charge in [0.05, 0.1) is 5.54 Å². The van der Waals surface area contributed by atoms with Gasteiger partial charge < -0.3 is 14.7 Å². The van der Waals surface area contributed by atoms with Crippen molar-refractivity contribution in [3.05, 3.63) is 0 Å². The van der Waals surface area contributed by atoms with Crippen molar-refractivity contribution in [2.45, 2.75) is 50.9 Å². The highest BCUT2D eigenvalue weighted by molar-refractivity contribution is 6.42. The highest BCUT2D eigenvalue weighted by Crippen LogP contribution is 2.30. The molecule has 0 bridgehead atoms. The van der Waals surface area contributed by atoms with Crippen LogP contribution in [0.4, 0.5) is 4.79 Å². The number of carbonyl (C=O) groups is 2. The third-order valence-corrected chi connectivity index (χ3v) is 4.69. The van der Waals surface area contributed by atoms with E-state index in [0.717, 1.165) is 6.42 Å². The van der Waals surface area contributed by atoms with Gasteiger partial charge in [0.25, 0.3) is 0 Å². The Morgan fingerprint density at radius 1 is 1.47 bits per heavy atom. The molecule has 1 N–H and O–H groups in total. The minimum atomic E-state index is -0.780. The summed E-state index contributed by atoms with van der Waals surface area (Å²) in [5.74, 6) is -0.780. The standard InChI is InChI=1S/C11H21NO4Si/c1-11(2,3)16-10(15)12-6-5-7(12)8(17-4)9(13)14/h7-8H,5-6,17H2,1-4H3,(H,13,14). The van der Waals surface area contributed by atoms with E-state index in [1.807, 2.05) is 27.3 Å². The van der Waals surface area contributed by atoms with Crippen LogP contribution < -0.4 is 0 Å². The van der Waals surface area contributed by atoms with Crippen molar-refractivity contribution in [3.63, 3.8) is 0 Å². The van der Waals surface area contributed by atoms with Gasteiger partial charge in [0.1, 0.15) is 5.60 Å². The van der Waals surface area contributed by atoms with Crippen LogP contribution in [0, 0.1) is 0 Å². The summed E-state index contributed by atoms with van der Waals surface area (Å²) in [5.41, 5.74) is -0.879. The predicted molar refractivity (Wildman–Crippen MR) is 67.1 cm³/mol. The van der Waals surface area contributed by atoms with Gasteiger partial charge >= 0.3 is 12.1 Å². The molecule has 98 valence electrons. The number of carboxylic acid groups (broad SMARTS) is 1. The Balaban J connectivity index is 2.62. The number of amides is 1.